The Kier molecular flexibility index (Phi) is 8.71. The van der Waals surface area contributed by atoms with Gasteiger partial charge in [-0.3, -0.25) is 9.59 Å². The highest BCUT2D eigenvalue weighted by Gasteiger charge is 2.29. The van der Waals surface area contributed by atoms with Crippen LogP contribution in [0.15, 0.2) is 48.5 Å². The highest BCUT2D eigenvalue weighted by atomic mass is 16.5. The third kappa shape index (κ3) is 6.51. The molecule has 0 fully saturated rings. The van der Waals surface area contributed by atoms with Gasteiger partial charge in [-0.25, -0.2) is 0 Å². The summed E-state index contributed by atoms with van der Waals surface area (Å²) in [5.41, 5.74) is 1.81. The molecule has 1 atom stereocenters. The molecule has 0 heterocycles. The summed E-state index contributed by atoms with van der Waals surface area (Å²) in [6.07, 6.45) is 0.745. The number of amides is 2. The average Bonchev–Trinajstić information content (AvgIpc) is 2.74. The zero-order valence-electron chi connectivity index (χ0n) is 18.5. The van der Waals surface area contributed by atoms with E-state index in [2.05, 4.69) is 5.32 Å². The second-order valence-corrected chi connectivity index (χ2v) is 7.48. The monoisotopic (exact) mass is 412 g/mol. The molecule has 0 aliphatic carbocycles. The fourth-order valence-electron chi connectivity index (χ4n) is 3.25. The van der Waals surface area contributed by atoms with Gasteiger partial charge in [0.1, 0.15) is 17.5 Å². The molecule has 0 spiro atoms. The van der Waals surface area contributed by atoms with E-state index in [1.807, 2.05) is 69.3 Å². The second kappa shape index (κ2) is 11.2. The minimum Gasteiger partial charge on any atom is -0.497 e. The van der Waals surface area contributed by atoms with Crippen LogP contribution in [0.5, 0.6) is 11.5 Å². The number of nitrogens with zero attached hydrogens (tertiary/aromatic N) is 1. The van der Waals surface area contributed by atoms with E-state index in [0.29, 0.717) is 13.0 Å². The summed E-state index contributed by atoms with van der Waals surface area (Å²) < 4.78 is 10.4. The Morgan fingerprint density at radius 1 is 0.900 bits per heavy atom. The van der Waals surface area contributed by atoms with E-state index in [4.69, 9.17) is 9.47 Å². The first-order valence-electron chi connectivity index (χ1n) is 10.2. The summed E-state index contributed by atoms with van der Waals surface area (Å²) in [4.78, 5) is 27.8. The third-order valence-electron chi connectivity index (χ3n) is 4.84. The van der Waals surface area contributed by atoms with Crippen LogP contribution in [0.25, 0.3) is 0 Å². The molecule has 6 heteroatoms. The van der Waals surface area contributed by atoms with Crippen LogP contribution >= 0.6 is 0 Å². The van der Waals surface area contributed by atoms with Crippen molar-refractivity contribution in [3.05, 3.63) is 59.7 Å². The summed E-state index contributed by atoms with van der Waals surface area (Å²) in [6.45, 7) is 6.10. The molecule has 6 nitrogen and oxygen atoms in total. The van der Waals surface area contributed by atoms with Crippen molar-refractivity contribution in [3.63, 3.8) is 0 Å². The number of carbonyl (C=O) groups excluding carboxylic acids is 2. The molecule has 2 rings (SSSR count). The molecule has 0 aliphatic rings. The molecule has 0 saturated heterocycles. The van der Waals surface area contributed by atoms with Crippen LogP contribution in [-0.4, -0.2) is 43.0 Å². The molecule has 0 bridgehead atoms. The molecule has 2 aromatic rings. The van der Waals surface area contributed by atoms with E-state index in [1.165, 1.54) is 0 Å². The molecule has 30 heavy (non-hydrogen) atoms. The first-order chi connectivity index (χ1) is 14.4. The lowest BCUT2D eigenvalue weighted by Gasteiger charge is -2.31. The highest BCUT2D eigenvalue weighted by molar-refractivity contribution is 5.88. The standard InChI is InChI=1S/C24H32N2O4/c1-6-22(24(28)25-17(2)3)26(16-19-9-13-21(30-5)14-10-19)23(27)15-18-7-11-20(29-4)12-8-18/h7-14,17,22H,6,15-16H2,1-5H3,(H,25,28)/t22-/m1/s1. The van der Waals surface area contributed by atoms with Gasteiger partial charge in [0.15, 0.2) is 0 Å². The van der Waals surface area contributed by atoms with Crippen LogP contribution in [0, 0.1) is 0 Å². The van der Waals surface area contributed by atoms with E-state index >= 15 is 0 Å². The fraction of sp³-hybridized carbons (Fsp3) is 0.417. The molecule has 162 valence electrons. The Bertz CT molecular complexity index is 816. The topological polar surface area (TPSA) is 67.9 Å². The lowest BCUT2D eigenvalue weighted by Crippen LogP contribution is -2.50. The van der Waals surface area contributed by atoms with Gasteiger partial charge >= 0.3 is 0 Å². The summed E-state index contributed by atoms with van der Waals surface area (Å²) in [6, 6.07) is 14.4. The van der Waals surface area contributed by atoms with Crippen molar-refractivity contribution in [2.75, 3.05) is 14.2 Å². The lowest BCUT2D eigenvalue weighted by atomic mass is 10.1. The van der Waals surface area contributed by atoms with Gasteiger partial charge in [0, 0.05) is 12.6 Å². The zero-order valence-corrected chi connectivity index (χ0v) is 18.5. The van der Waals surface area contributed by atoms with Gasteiger partial charge in [-0.05, 0) is 55.7 Å². The number of hydrogen-bond acceptors (Lipinski definition) is 4. The number of methoxy groups -OCH3 is 2. The van der Waals surface area contributed by atoms with Crippen LogP contribution in [0.4, 0.5) is 0 Å². The number of carbonyl (C=O) groups is 2. The van der Waals surface area contributed by atoms with Crippen molar-refractivity contribution in [2.45, 2.75) is 52.2 Å². The van der Waals surface area contributed by atoms with Crippen LogP contribution in [0.2, 0.25) is 0 Å². The van der Waals surface area contributed by atoms with Gasteiger partial charge in [-0.1, -0.05) is 31.2 Å². The predicted octanol–water partition coefficient (Wildman–Crippen LogP) is 3.58. The van der Waals surface area contributed by atoms with Crippen LogP contribution < -0.4 is 14.8 Å². The summed E-state index contributed by atoms with van der Waals surface area (Å²) >= 11 is 0. The number of ether oxygens (including phenoxy) is 2. The van der Waals surface area contributed by atoms with E-state index in [1.54, 1.807) is 19.1 Å². The van der Waals surface area contributed by atoms with Crippen LogP contribution in [0.3, 0.4) is 0 Å². The smallest absolute Gasteiger partial charge is 0.243 e. The minimum atomic E-state index is -0.541. The van der Waals surface area contributed by atoms with E-state index in [0.717, 1.165) is 22.6 Å². The molecule has 2 aromatic carbocycles. The lowest BCUT2D eigenvalue weighted by molar-refractivity contribution is -0.141. The number of rotatable bonds is 10. The van der Waals surface area contributed by atoms with E-state index in [-0.39, 0.29) is 24.3 Å². The predicted molar refractivity (Wildman–Crippen MR) is 118 cm³/mol. The van der Waals surface area contributed by atoms with E-state index in [9.17, 15) is 9.59 Å². The van der Waals surface area contributed by atoms with Crippen molar-refractivity contribution in [1.82, 2.24) is 10.2 Å². The molecule has 1 N–H and O–H groups in total. The molecular weight excluding hydrogens is 380 g/mol. The fourth-order valence-corrected chi connectivity index (χ4v) is 3.25. The van der Waals surface area contributed by atoms with Gasteiger partial charge < -0.3 is 19.7 Å². The second-order valence-electron chi connectivity index (χ2n) is 7.48. The maximum atomic E-state index is 13.3. The molecule has 0 aliphatic heterocycles. The minimum absolute atomic E-state index is 0.00563. The van der Waals surface area contributed by atoms with Crippen molar-refractivity contribution in [1.29, 1.82) is 0 Å². The molecule has 2 amide bonds. The Labute approximate surface area is 179 Å². The zero-order chi connectivity index (χ0) is 22.1. The van der Waals surface area contributed by atoms with Gasteiger partial charge in [0.25, 0.3) is 0 Å². The maximum Gasteiger partial charge on any atom is 0.243 e. The Morgan fingerprint density at radius 2 is 1.40 bits per heavy atom. The normalized spacial score (nSPS) is 11.7. The number of hydrogen-bond donors (Lipinski definition) is 1. The van der Waals surface area contributed by atoms with Gasteiger partial charge in [-0.2, -0.15) is 0 Å². The molecule has 0 aromatic heterocycles. The first kappa shape index (κ1) is 23.3. The number of nitrogens with one attached hydrogen (secondary N) is 1. The Morgan fingerprint density at radius 3 is 1.83 bits per heavy atom. The summed E-state index contributed by atoms with van der Waals surface area (Å²) in [7, 11) is 3.22. The van der Waals surface area contributed by atoms with Crippen molar-refractivity contribution < 1.29 is 19.1 Å². The van der Waals surface area contributed by atoms with Crippen molar-refractivity contribution in [2.24, 2.45) is 0 Å². The molecular formula is C24H32N2O4. The largest absolute Gasteiger partial charge is 0.497 e. The maximum absolute atomic E-state index is 13.3. The van der Waals surface area contributed by atoms with Gasteiger partial charge in [0.2, 0.25) is 11.8 Å². The summed E-state index contributed by atoms with van der Waals surface area (Å²) in [5.74, 6) is 1.26. The van der Waals surface area contributed by atoms with Gasteiger partial charge in [-0.15, -0.1) is 0 Å². The Balaban J connectivity index is 2.26. The van der Waals surface area contributed by atoms with Crippen LogP contribution in [0.1, 0.15) is 38.3 Å². The van der Waals surface area contributed by atoms with Gasteiger partial charge in [0.05, 0.1) is 20.6 Å². The van der Waals surface area contributed by atoms with Crippen LogP contribution in [-0.2, 0) is 22.6 Å². The third-order valence-corrected chi connectivity index (χ3v) is 4.84. The molecule has 0 unspecified atom stereocenters. The number of benzene rings is 2. The van der Waals surface area contributed by atoms with Crippen molar-refractivity contribution in [3.8, 4) is 11.5 Å². The van der Waals surface area contributed by atoms with Crippen molar-refractivity contribution >= 4 is 11.8 Å². The quantitative estimate of drug-likeness (QED) is 0.648. The molecule has 0 radical (unpaired) electrons. The highest BCUT2D eigenvalue weighted by Crippen LogP contribution is 2.18. The SMILES string of the molecule is CC[C@H](C(=O)NC(C)C)N(Cc1ccc(OC)cc1)C(=O)Cc1ccc(OC)cc1. The van der Waals surface area contributed by atoms with E-state index < -0.39 is 6.04 Å². The Hall–Kier alpha value is -3.02. The summed E-state index contributed by atoms with van der Waals surface area (Å²) in [5, 5.41) is 2.94. The molecule has 0 saturated carbocycles. The first-order valence-corrected chi connectivity index (χ1v) is 10.2. The average molecular weight is 413 g/mol.